The van der Waals surface area contributed by atoms with Crippen molar-refractivity contribution in [2.75, 3.05) is 61.8 Å². The van der Waals surface area contributed by atoms with Crippen molar-refractivity contribution in [2.24, 2.45) is 0 Å². The largest absolute Gasteiger partial charge is 0.481 e. The minimum absolute atomic E-state index is 0. The number of nitrogens with one attached hydrogen (secondary N) is 2. The molecule has 0 fully saturated rings. The Labute approximate surface area is 844 Å². The van der Waals surface area contributed by atoms with Gasteiger partial charge in [0.05, 0.1) is 56.8 Å². The summed E-state index contributed by atoms with van der Waals surface area (Å²) in [6.45, 7) is 2.00. The van der Waals surface area contributed by atoms with Gasteiger partial charge in [0, 0.05) is 87.6 Å². The summed E-state index contributed by atoms with van der Waals surface area (Å²) in [6.07, 6.45) is 11.4. The molecule has 0 atom stereocenters. The van der Waals surface area contributed by atoms with Gasteiger partial charge in [-0.15, -0.1) is 0 Å². The molecule has 12 aromatic carbocycles. The summed E-state index contributed by atoms with van der Waals surface area (Å²) in [5.74, 6) is 1.73. The summed E-state index contributed by atoms with van der Waals surface area (Å²) in [4.78, 5) is 62.2. The van der Waals surface area contributed by atoms with Crippen LogP contribution in [0.15, 0.2) is 437 Å². The molecule has 708 valence electrons. The van der Waals surface area contributed by atoms with E-state index in [0.29, 0.717) is 46.2 Å². The molecule has 24 heteroatoms. The van der Waals surface area contributed by atoms with Gasteiger partial charge in [-0.1, -0.05) is 371 Å². The Kier molecular flexibility index (Phi) is 41.7. The van der Waals surface area contributed by atoms with Gasteiger partial charge in [0.25, 0.3) is 0 Å². The molecule has 0 aliphatic heterocycles. The first kappa shape index (κ1) is 105. The molecular formula is C116H109ClF2N12O4P4Pd. The Morgan fingerprint density at radius 3 is 0.850 bits per heavy atom. The van der Waals surface area contributed by atoms with Gasteiger partial charge in [0.15, 0.2) is 5.82 Å². The van der Waals surface area contributed by atoms with Crippen LogP contribution in [-0.2, 0) is 55.7 Å². The first-order valence-electron chi connectivity index (χ1n) is 45.2. The monoisotopic (exact) mass is 2040 g/mol. The van der Waals surface area contributed by atoms with E-state index >= 15 is 0 Å². The average molecular weight is 2040 g/mol. The summed E-state index contributed by atoms with van der Waals surface area (Å²) in [6, 6.07) is 141. The average Bonchev–Trinajstić information content (AvgIpc) is 1.56. The molecule has 20 rings (SSSR count). The number of anilines is 4. The maximum atomic E-state index is 13.6. The molecule has 0 saturated carbocycles. The maximum Gasteiger partial charge on any atom is 0.243 e. The second-order valence-electron chi connectivity index (χ2n) is 31.6. The Balaban J connectivity index is 0.000000149. The molecule has 2 amide bonds. The summed E-state index contributed by atoms with van der Waals surface area (Å²) >= 11 is 6.00. The van der Waals surface area contributed by atoms with Crippen LogP contribution in [0.3, 0.4) is 0 Å². The van der Waals surface area contributed by atoms with Crippen molar-refractivity contribution >= 4 is 142 Å². The number of aromatic nitrogens is 8. The maximum absolute atomic E-state index is 13.6. The van der Waals surface area contributed by atoms with Crippen molar-refractivity contribution in [1.82, 2.24) is 39.9 Å². The van der Waals surface area contributed by atoms with Crippen molar-refractivity contribution in [2.45, 2.75) is 52.9 Å². The first-order valence-corrected chi connectivity index (χ1v) is 50.9. The smallest absolute Gasteiger partial charge is 0.243 e. The Morgan fingerprint density at radius 2 is 0.607 bits per heavy atom. The van der Waals surface area contributed by atoms with Crippen molar-refractivity contribution in [3.05, 3.63) is 482 Å². The van der Waals surface area contributed by atoms with Crippen LogP contribution in [0.1, 0.15) is 48.5 Å². The second-order valence-corrected chi connectivity index (χ2v) is 40.8. The van der Waals surface area contributed by atoms with Crippen molar-refractivity contribution in [3.63, 3.8) is 0 Å². The third-order valence-electron chi connectivity index (χ3n) is 21.7. The minimum atomic E-state index is -0.446. The normalized spacial score (nSPS) is 11.1. The van der Waals surface area contributed by atoms with E-state index in [0.717, 1.165) is 66.9 Å². The molecule has 140 heavy (non-hydrogen) atoms. The van der Waals surface area contributed by atoms with E-state index < -0.39 is 37.5 Å². The first-order chi connectivity index (χ1) is 67.7. The van der Waals surface area contributed by atoms with Crippen LogP contribution in [0, 0.1) is 18.6 Å². The molecule has 0 spiro atoms. The van der Waals surface area contributed by atoms with Gasteiger partial charge in [-0.3, -0.25) is 19.6 Å². The molecule has 2 aliphatic rings. The van der Waals surface area contributed by atoms with Gasteiger partial charge in [-0.2, -0.15) is 0 Å². The van der Waals surface area contributed by atoms with Gasteiger partial charge in [0.1, 0.15) is 29.0 Å². The number of halogens is 3. The van der Waals surface area contributed by atoms with Gasteiger partial charge in [-0.05, 0) is 183 Å². The molecule has 0 radical (unpaired) electrons. The van der Waals surface area contributed by atoms with Crippen LogP contribution in [-0.4, -0.2) is 93.1 Å². The topological polar surface area (TPSA) is 186 Å². The fourth-order valence-electron chi connectivity index (χ4n) is 15.4. The van der Waals surface area contributed by atoms with Crippen LogP contribution in [0.4, 0.5) is 31.8 Å². The zero-order chi connectivity index (χ0) is 95.8. The summed E-state index contributed by atoms with van der Waals surface area (Å²) in [7, 11) is 4.91. The number of methoxy groups -OCH3 is 2. The van der Waals surface area contributed by atoms with Crippen molar-refractivity contribution < 1.29 is 48.3 Å². The molecule has 0 bridgehead atoms. The molecular weight excluding hydrogens is 1930 g/mol. The number of aryl methyl sites for hydroxylation is 3. The molecule has 0 saturated heterocycles. The Bertz CT molecular complexity index is 5890. The fraction of sp³-hybridized carbons (Fsp3) is 0.121. The number of nitrogens with zero attached hydrogens (tertiary/aromatic N) is 10. The quantitative estimate of drug-likeness (QED) is 0.0350. The predicted octanol–water partition coefficient (Wildman–Crippen LogP) is 20.7. The molecule has 0 unspecified atom stereocenters. The number of amides is 2. The van der Waals surface area contributed by atoms with E-state index in [4.69, 9.17) is 21.1 Å². The predicted molar refractivity (Wildman–Crippen MR) is 578 cm³/mol. The third-order valence-corrected chi connectivity index (χ3v) is 31.7. The van der Waals surface area contributed by atoms with Crippen molar-refractivity contribution in [3.8, 4) is 23.3 Å². The fourth-order valence-corrected chi connectivity index (χ4v) is 24.8. The molecule has 6 heterocycles. The molecule has 18 aromatic rings. The number of carbonyl (C=O) groups excluding carboxylic acids is 2. The van der Waals surface area contributed by atoms with E-state index in [1.807, 2.05) is 7.05 Å². The van der Waals surface area contributed by atoms with E-state index in [1.54, 1.807) is 61.3 Å². The van der Waals surface area contributed by atoms with Gasteiger partial charge >= 0.3 is 0 Å². The number of benzene rings is 12. The number of hydrogen-bond acceptors (Lipinski definition) is 14. The number of hydrogen-bond donors (Lipinski definition) is 2. The van der Waals surface area contributed by atoms with Crippen LogP contribution < -0.4 is 93.6 Å². The minimum Gasteiger partial charge on any atom is -0.481 e. The SMILES string of the molecule is C.COc1ccc(NC(=O)CN(C)c2nc(-c3cc(F)ccn3)nc3c2CCC3)cn1.COc1ccc(NC(=O)CN(C)c2nc(Cl)nc3c2CCC3)cn1.Cc1cc(F)ccn1.[Pd].c1ccc(P(c2ccccc2)c2ccccc2)cc1.c1ccc(P(c2ccccc2)c2ccccc2)cc1.c1ccc(P(c2ccccc2)c2ccccc2)cc1.c1ccc(P(c2ccccc2)c2ccccc2)cc1. The number of carbonyl (C=O) groups is 2. The van der Waals surface area contributed by atoms with Crippen LogP contribution >= 0.6 is 43.3 Å². The Hall–Kier alpha value is -13.9. The van der Waals surface area contributed by atoms with Crippen molar-refractivity contribution in [1.29, 1.82) is 0 Å². The zero-order valence-corrected chi connectivity index (χ0v) is 83.5. The van der Waals surface area contributed by atoms with E-state index in [1.165, 1.54) is 114 Å². The summed E-state index contributed by atoms with van der Waals surface area (Å²) in [5, 5.41) is 22.6. The third kappa shape index (κ3) is 31.0. The van der Waals surface area contributed by atoms with E-state index in [9.17, 15) is 18.4 Å². The molecule has 2 N–H and O–H groups in total. The van der Waals surface area contributed by atoms with Crippen LogP contribution in [0.2, 0.25) is 5.28 Å². The number of fused-ring (bicyclic) bond motifs is 2. The van der Waals surface area contributed by atoms with Gasteiger partial charge < -0.3 is 29.9 Å². The Morgan fingerprint density at radius 1 is 0.343 bits per heavy atom. The number of pyridine rings is 4. The number of ether oxygens (including phenoxy) is 2. The number of rotatable bonds is 23. The van der Waals surface area contributed by atoms with E-state index in [2.05, 4.69) is 414 Å². The van der Waals surface area contributed by atoms with E-state index in [-0.39, 0.29) is 63.9 Å². The van der Waals surface area contributed by atoms with Gasteiger partial charge in [0.2, 0.25) is 28.9 Å². The summed E-state index contributed by atoms with van der Waals surface area (Å²) < 4.78 is 35.8. The molecule has 2 aliphatic carbocycles. The zero-order valence-electron chi connectivity index (χ0n) is 77.6. The molecule has 6 aromatic heterocycles. The van der Waals surface area contributed by atoms with Crippen LogP contribution in [0.5, 0.6) is 11.8 Å². The molecule has 16 nitrogen and oxygen atoms in total. The standard InChI is InChI=1S/C21H21FN6O2.4C18H15P.C16H18ClN5O2.C6H6FN.CH4.Pd/c1-28(12-18(29)25-14-6-7-19(30-2)24-11-14)21-15-4-3-5-16(15)26-20(27-21)17-10-13(22)8-9-23-17;4*1-4-10-16(11-5-1)19(17-12-6-2-7-13-17)18-14-8-3-9-15-18;1-22(15-11-4-3-5-12(11)20-16(17)21-15)9-13(23)19-10-6-7-14(24-2)18-8-10;1-5-4-6(7)2-3-8-5;;/h6-11H,3-5,12H2,1-2H3,(H,25,29);4*1-15H;6-8H,3-5,9H2,1-2H3,(H,19,23);2-4H,1H3;1H4;. The second kappa shape index (κ2) is 55.6. The van der Waals surface area contributed by atoms with Gasteiger partial charge in [-0.25, -0.2) is 38.7 Å². The number of likely N-dealkylation sites (N-methyl/N-ethyl adjacent to an activating group) is 2. The summed E-state index contributed by atoms with van der Waals surface area (Å²) in [5.41, 5.74) is 6.28. The van der Waals surface area contributed by atoms with Crippen LogP contribution in [0.25, 0.3) is 11.5 Å².